The van der Waals surface area contributed by atoms with E-state index in [1.807, 2.05) is 43.5 Å². The summed E-state index contributed by atoms with van der Waals surface area (Å²) in [4.78, 5) is 17.8. The van der Waals surface area contributed by atoms with E-state index in [0.29, 0.717) is 36.9 Å². The van der Waals surface area contributed by atoms with Gasteiger partial charge in [0.25, 0.3) is 5.91 Å². The third-order valence-corrected chi connectivity index (χ3v) is 5.19. The first-order valence-electron chi connectivity index (χ1n) is 8.96. The topological polar surface area (TPSA) is 70.6 Å². The summed E-state index contributed by atoms with van der Waals surface area (Å²) in [7, 11) is 1.75. The summed E-state index contributed by atoms with van der Waals surface area (Å²) < 4.78 is 15.7. The van der Waals surface area contributed by atoms with Gasteiger partial charge in [-0.3, -0.25) is 9.48 Å². The molecule has 3 rings (SSSR count). The van der Waals surface area contributed by atoms with Gasteiger partial charge in [-0.05, 0) is 39.0 Å². The van der Waals surface area contributed by atoms with Crippen molar-refractivity contribution in [2.75, 3.05) is 19.8 Å². The van der Waals surface area contributed by atoms with E-state index in [1.54, 1.807) is 17.9 Å². The molecular weight excluding hydrogens is 364 g/mol. The summed E-state index contributed by atoms with van der Waals surface area (Å²) in [5.41, 5.74) is 2.32. The van der Waals surface area contributed by atoms with E-state index in [1.165, 1.54) is 11.3 Å². The van der Waals surface area contributed by atoms with Gasteiger partial charge in [0, 0.05) is 25.8 Å². The molecule has 7 nitrogen and oxygen atoms in total. The molecule has 0 aliphatic carbocycles. The average Bonchev–Trinajstić information content (AvgIpc) is 3.14. The van der Waals surface area contributed by atoms with Crippen molar-refractivity contribution in [3.63, 3.8) is 0 Å². The highest BCUT2D eigenvalue weighted by molar-refractivity contribution is 7.16. The molecule has 0 unspecified atom stereocenters. The van der Waals surface area contributed by atoms with Crippen molar-refractivity contribution in [1.29, 1.82) is 0 Å². The molecule has 0 N–H and O–H groups in total. The molecule has 0 aliphatic heterocycles. The highest BCUT2D eigenvalue weighted by Gasteiger charge is 2.15. The number of nitrogens with zero attached hydrogens (tertiary/aromatic N) is 4. The zero-order valence-electron chi connectivity index (χ0n) is 16.1. The summed E-state index contributed by atoms with van der Waals surface area (Å²) >= 11 is 1.47. The third kappa shape index (κ3) is 4.12. The normalized spacial score (nSPS) is 12.1. The van der Waals surface area contributed by atoms with E-state index in [4.69, 9.17) is 9.47 Å². The van der Waals surface area contributed by atoms with Gasteiger partial charge in [0.1, 0.15) is 11.4 Å². The van der Waals surface area contributed by atoms with Crippen molar-refractivity contribution in [1.82, 2.24) is 14.3 Å². The van der Waals surface area contributed by atoms with Gasteiger partial charge in [0.05, 0.1) is 29.6 Å². The van der Waals surface area contributed by atoms with Crippen LogP contribution >= 0.6 is 11.3 Å². The Kier molecular flexibility index (Phi) is 6.08. The van der Waals surface area contributed by atoms with Gasteiger partial charge in [0.15, 0.2) is 4.80 Å². The molecular formula is C19H24N4O3S. The Labute approximate surface area is 161 Å². The number of hydrogen-bond donors (Lipinski definition) is 0. The minimum Gasteiger partial charge on any atom is -0.494 e. The molecule has 0 spiro atoms. The number of carbonyl (C=O) groups is 1. The molecule has 0 saturated heterocycles. The maximum atomic E-state index is 12.8. The molecule has 144 valence electrons. The van der Waals surface area contributed by atoms with Gasteiger partial charge in [-0.15, -0.1) is 0 Å². The van der Waals surface area contributed by atoms with Crippen LogP contribution in [0.2, 0.25) is 0 Å². The Balaban J connectivity index is 2.08. The molecule has 27 heavy (non-hydrogen) atoms. The Hall–Kier alpha value is -2.45. The van der Waals surface area contributed by atoms with Gasteiger partial charge in [-0.25, -0.2) is 0 Å². The number of amides is 1. The van der Waals surface area contributed by atoms with E-state index >= 15 is 0 Å². The second kappa shape index (κ2) is 8.49. The largest absolute Gasteiger partial charge is 0.494 e. The highest BCUT2D eigenvalue weighted by Crippen LogP contribution is 2.23. The monoisotopic (exact) mass is 388 g/mol. The van der Waals surface area contributed by atoms with Gasteiger partial charge >= 0.3 is 0 Å². The quantitative estimate of drug-likeness (QED) is 0.584. The molecule has 0 radical (unpaired) electrons. The summed E-state index contributed by atoms with van der Waals surface area (Å²) in [6, 6.07) is 5.92. The van der Waals surface area contributed by atoms with Crippen LogP contribution in [0.15, 0.2) is 29.4 Å². The van der Waals surface area contributed by atoms with Crippen LogP contribution in [0.4, 0.5) is 0 Å². The predicted octanol–water partition coefficient (Wildman–Crippen LogP) is 2.92. The Bertz CT molecular complexity index is 996. The smallest absolute Gasteiger partial charge is 0.298 e. The molecule has 0 atom stereocenters. The predicted molar refractivity (Wildman–Crippen MR) is 105 cm³/mol. The first-order valence-corrected chi connectivity index (χ1v) is 9.78. The lowest BCUT2D eigenvalue weighted by Crippen LogP contribution is -2.20. The Morgan fingerprint density at radius 3 is 2.78 bits per heavy atom. The summed E-state index contributed by atoms with van der Waals surface area (Å²) in [6.07, 6.45) is 1.67. The van der Waals surface area contributed by atoms with Crippen molar-refractivity contribution < 1.29 is 14.3 Å². The number of carbonyl (C=O) groups excluding carboxylic acids is 1. The summed E-state index contributed by atoms with van der Waals surface area (Å²) in [5, 5.41) is 4.13. The van der Waals surface area contributed by atoms with Gasteiger partial charge in [0.2, 0.25) is 0 Å². The first-order chi connectivity index (χ1) is 13.0. The Morgan fingerprint density at radius 2 is 2.11 bits per heavy atom. The second-order valence-electron chi connectivity index (χ2n) is 6.01. The standard InChI is InChI=1S/C19H24N4O3S/c1-5-25-10-9-23-15-8-7-14(26-6-2)11-16(15)27-19(23)21-18(24)17-13(3)12-20-22(17)4/h7-8,11-12H,5-6,9-10H2,1-4H3. The Morgan fingerprint density at radius 1 is 1.30 bits per heavy atom. The van der Waals surface area contributed by atoms with Crippen LogP contribution in [0.5, 0.6) is 5.75 Å². The number of hydrogen-bond acceptors (Lipinski definition) is 5. The lowest BCUT2D eigenvalue weighted by Gasteiger charge is -2.06. The van der Waals surface area contributed by atoms with Crippen molar-refractivity contribution in [2.45, 2.75) is 27.3 Å². The number of rotatable bonds is 7. The lowest BCUT2D eigenvalue weighted by molar-refractivity contribution is 0.0987. The fourth-order valence-electron chi connectivity index (χ4n) is 2.91. The van der Waals surface area contributed by atoms with Gasteiger partial charge in [-0.2, -0.15) is 10.1 Å². The molecule has 0 fully saturated rings. The molecule has 3 aromatic rings. The minimum absolute atomic E-state index is 0.297. The number of ether oxygens (including phenoxy) is 2. The summed E-state index contributed by atoms with van der Waals surface area (Å²) in [6.45, 7) is 8.22. The van der Waals surface area contributed by atoms with Crippen LogP contribution in [0.1, 0.15) is 29.9 Å². The zero-order valence-corrected chi connectivity index (χ0v) is 16.9. The zero-order chi connectivity index (χ0) is 19.4. The van der Waals surface area contributed by atoms with E-state index in [9.17, 15) is 4.79 Å². The fraction of sp³-hybridized carbons (Fsp3) is 0.421. The molecule has 0 bridgehead atoms. The molecule has 2 heterocycles. The van der Waals surface area contributed by atoms with Crippen molar-refractivity contribution in [2.24, 2.45) is 12.0 Å². The fourth-order valence-corrected chi connectivity index (χ4v) is 3.99. The van der Waals surface area contributed by atoms with Crippen molar-refractivity contribution >= 4 is 27.5 Å². The number of thiazole rings is 1. The number of benzene rings is 1. The number of aryl methyl sites for hydroxylation is 2. The lowest BCUT2D eigenvalue weighted by atomic mass is 10.3. The number of fused-ring (bicyclic) bond motifs is 1. The van der Waals surface area contributed by atoms with Gasteiger partial charge in [-0.1, -0.05) is 11.3 Å². The molecule has 1 amide bonds. The number of aromatic nitrogens is 3. The van der Waals surface area contributed by atoms with Crippen molar-refractivity contribution in [3.05, 3.63) is 40.5 Å². The van der Waals surface area contributed by atoms with Crippen molar-refractivity contribution in [3.8, 4) is 5.75 Å². The first kappa shape index (κ1) is 19.3. The maximum absolute atomic E-state index is 12.8. The van der Waals surface area contributed by atoms with Crippen LogP contribution < -0.4 is 9.54 Å². The summed E-state index contributed by atoms with van der Waals surface area (Å²) in [5.74, 6) is 0.512. The molecule has 0 aliphatic rings. The van der Waals surface area contributed by atoms with Crippen LogP contribution in [-0.4, -0.2) is 40.1 Å². The third-order valence-electron chi connectivity index (χ3n) is 4.15. The average molecular weight is 388 g/mol. The molecule has 8 heteroatoms. The van der Waals surface area contributed by atoms with Gasteiger partial charge < -0.3 is 14.0 Å². The van der Waals surface area contributed by atoms with Crippen LogP contribution in [0.3, 0.4) is 0 Å². The maximum Gasteiger partial charge on any atom is 0.298 e. The van der Waals surface area contributed by atoms with Crippen LogP contribution in [0.25, 0.3) is 10.2 Å². The van der Waals surface area contributed by atoms with E-state index in [0.717, 1.165) is 21.5 Å². The molecule has 1 aromatic carbocycles. The second-order valence-corrected chi connectivity index (χ2v) is 7.02. The van der Waals surface area contributed by atoms with E-state index < -0.39 is 0 Å². The van der Waals surface area contributed by atoms with Crippen LogP contribution in [0, 0.1) is 6.92 Å². The van der Waals surface area contributed by atoms with Crippen LogP contribution in [-0.2, 0) is 18.3 Å². The molecule has 0 saturated carbocycles. The van der Waals surface area contributed by atoms with E-state index in [2.05, 4.69) is 10.1 Å². The van der Waals surface area contributed by atoms with E-state index in [-0.39, 0.29) is 5.91 Å². The SMILES string of the molecule is CCOCCn1c(=NC(=O)c2c(C)cnn2C)sc2cc(OCC)ccc21. The molecule has 2 aromatic heterocycles. The highest BCUT2D eigenvalue weighted by atomic mass is 32.1. The minimum atomic E-state index is -0.297.